The highest BCUT2D eigenvalue weighted by atomic mass is 16.5. The summed E-state index contributed by atoms with van der Waals surface area (Å²) in [7, 11) is 1.49. The van der Waals surface area contributed by atoms with Crippen LogP contribution < -0.4 is 10.6 Å². The number of hydrogen-bond donors (Lipinski definition) is 3. The van der Waals surface area contributed by atoms with Crippen LogP contribution in [-0.4, -0.2) is 60.1 Å². The molecular formula is C18H21N3O5. The molecule has 0 radical (unpaired) electrons. The number of fused-ring (bicyclic) bond motifs is 4. The van der Waals surface area contributed by atoms with E-state index in [4.69, 9.17) is 4.74 Å². The predicted octanol–water partition coefficient (Wildman–Crippen LogP) is -0.566. The van der Waals surface area contributed by atoms with E-state index < -0.39 is 35.4 Å². The quantitative estimate of drug-likeness (QED) is 0.622. The van der Waals surface area contributed by atoms with Crippen molar-refractivity contribution >= 4 is 23.4 Å². The summed E-state index contributed by atoms with van der Waals surface area (Å²) in [5.41, 5.74) is -0.0965. The lowest BCUT2D eigenvalue weighted by atomic mass is 9.76. The van der Waals surface area contributed by atoms with Crippen LogP contribution in [0.5, 0.6) is 0 Å². The van der Waals surface area contributed by atoms with Gasteiger partial charge in [-0.2, -0.15) is 0 Å². The first kappa shape index (κ1) is 17.1. The van der Waals surface area contributed by atoms with E-state index >= 15 is 0 Å². The number of ether oxygens (including phenoxy) is 1. The van der Waals surface area contributed by atoms with Gasteiger partial charge in [0, 0.05) is 24.4 Å². The molecule has 0 aromatic heterocycles. The normalized spacial score (nSPS) is 33.6. The number of rotatable bonds is 4. The van der Waals surface area contributed by atoms with Gasteiger partial charge in [0.25, 0.3) is 0 Å². The lowest BCUT2D eigenvalue weighted by Gasteiger charge is -2.30. The van der Waals surface area contributed by atoms with Gasteiger partial charge in [-0.3, -0.25) is 24.6 Å². The maximum absolute atomic E-state index is 13.1. The van der Waals surface area contributed by atoms with Gasteiger partial charge in [0.2, 0.25) is 17.7 Å². The molecule has 3 N–H and O–H groups in total. The number of aliphatic hydroxyl groups excluding tert-OH is 1. The number of benzene rings is 1. The third-order valence-corrected chi connectivity index (χ3v) is 5.69. The highest BCUT2D eigenvalue weighted by molar-refractivity contribution is 6.15. The van der Waals surface area contributed by atoms with E-state index in [1.807, 2.05) is 0 Å². The Balaban J connectivity index is 1.85. The molecule has 2 saturated heterocycles. The number of carbonyl (C=O) groups excluding carboxylic acids is 3. The topological polar surface area (TPSA) is 108 Å². The number of hydrogen-bond acceptors (Lipinski definition) is 6. The standard InChI is InChI=1S/C18H21N3O5/c1-9(22)14-12-13(16(24)21(15(12)23)7-8-26-2)18(20-14)10-5-3-4-6-11(10)19-17(18)25/h3-6,9,12-14,20,22H,7-8H2,1-2H3,(H,19,25)/t9-,12-,13+,14-,18-/m0/s1. The number of aliphatic hydroxyl groups is 1. The molecule has 5 atom stereocenters. The van der Waals surface area contributed by atoms with Crippen molar-refractivity contribution in [1.82, 2.24) is 10.2 Å². The minimum atomic E-state index is -1.35. The molecule has 8 heteroatoms. The predicted molar refractivity (Wildman–Crippen MR) is 90.9 cm³/mol. The Hall–Kier alpha value is -2.29. The number of methoxy groups -OCH3 is 1. The molecule has 3 aliphatic heterocycles. The van der Waals surface area contributed by atoms with Crippen LogP contribution in [-0.2, 0) is 24.7 Å². The SMILES string of the molecule is COCCN1C(=O)[C@@H]2[C@H]([C@H](C)O)N[C@]3(C(=O)Nc4ccccc43)[C@H]2C1=O. The van der Waals surface area contributed by atoms with E-state index in [9.17, 15) is 19.5 Å². The summed E-state index contributed by atoms with van der Waals surface area (Å²) in [6, 6.07) is 6.43. The molecule has 1 aromatic rings. The van der Waals surface area contributed by atoms with Crippen LogP contribution in [0, 0.1) is 11.8 Å². The molecule has 0 aliphatic carbocycles. The van der Waals surface area contributed by atoms with Gasteiger partial charge in [0.1, 0.15) is 5.54 Å². The van der Waals surface area contributed by atoms with Crippen LogP contribution in [0.1, 0.15) is 12.5 Å². The zero-order chi connectivity index (χ0) is 18.6. The second-order valence-corrected chi connectivity index (χ2v) is 7.04. The van der Waals surface area contributed by atoms with E-state index in [0.29, 0.717) is 11.3 Å². The maximum atomic E-state index is 13.1. The van der Waals surface area contributed by atoms with E-state index in [2.05, 4.69) is 10.6 Å². The fourth-order valence-corrected chi connectivity index (χ4v) is 4.57. The molecule has 26 heavy (non-hydrogen) atoms. The van der Waals surface area contributed by atoms with Crippen molar-refractivity contribution < 1.29 is 24.2 Å². The fourth-order valence-electron chi connectivity index (χ4n) is 4.57. The molecule has 1 spiro atoms. The minimum absolute atomic E-state index is 0.132. The monoisotopic (exact) mass is 359 g/mol. The zero-order valence-electron chi connectivity index (χ0n) is 14.6. The van der Waals surface area contributed by atoms with E-state index in [0.717, 1.165) is 4.90 Å². The molecular weight excluding hydrogens is 338 g/mol. The summed E-state index contributed by atoms with van der Waals surface area (Å²) in [6.07, 6.45) is -0.901. The van der Waals surface area contributed by atoms with Crippen molar-refractivity contribution in [3.8, 4) is 0 Å². The fraction of sp³-hybridized carbons (Fsp3) is 0.500. The number of nitrogens with one attached hydrogen (secondary N) is 2. The van der Waals surface area contributed by atoms with Gasteiger partial charge in [-0.25, -0.2) is 0 Å². The van der Waals surface area contributed by atoms with Gasteiger partial charge in [-0.15, -0.1) is 0 Å². The molecule has 0 unspecified atom stereocenters. The number of anilines is 1. The Morgan fingerprint density at radius 1 is 1.27 bits per heavy atom. The Morgan fingerprint density at radius 2 is 2.00 bits per heavy atom. The van der Waals surface area contributed by atoms with Gasteiger partial charge in [0.15, 0.2) is 0 Å². The summed E-state index contributed by atoms with van der Waals surface area (Å²) >= 11 is 0. The Bertz CT molecular complexity index is 795. The van der Waals surface area contributed by atoms with Crippen molar-refractivity contribution in [2.75, 3.05) is 25.6 Å². The van der Waals surface area contributed by atoms with Gasteiger partial charge >= 0.3 is 0 Å². The molecule has 3 amide bonds. The maximum Gasteiger partial charge on any atom is 0.250 e. The number of amides is 3. The van der Waals surface area contributed by atoms with Crippen LogP contribution in [0.4, 0.5) is 5.69 Å². The van der Waals surface area contributed by atoms with Gasteiger partial charge in [0.05, 0.1) is 31.1 Å². The van der Waals surface area contributed by atoms with Crippen molar-refractivity contribution in [2.45, 2.75) is 24.6 Å². The number of nitrogens with zero attached hydrogens (tertiary/aromatic N) is 1. The minimum Gasteiger partial charge on any atom is -0.392 e. The molecule has 4 rings (SSSR count). The third-order valence-electron chi connectivity index (χ3n) is 5.69. The van der Waals surface area contributed by atoms with Gasteiger partial charge in [-0.1, -0.05) is 18.2 Å². The van der Waals surface area contributed by atoms with E-state index in [1.165, 1.54) is 7.11 Å². The van der Waals surface area contributed by atoms with Gasteiger partial charge in [-0.05, 0) is 13.0 Å². The van der Waals surface area contributed by atoms with Gasteiger partial charge < -0.3 is 15.2 Å². The van der Waals surface area contributed by atoms with E-state index in [-0.39, 0.29) is 25.0 Å². The highest BCUT2D eigenvalue weighted by Gasteiger charge is 2.70. The first-order valence-corrected chi connectivity index (χ1v) is 8.64. The van der Waals surface area contributed by atoms with Crippen LogP contribution in [0.15, 0.2) is 24.3 Å². The Labute approximate surface area is 150 Å². The summed E-state index contributed by atoms with van der Waals surface area (Å²) < 4.78 is 5.00. The smallest absolute Gasteiger partial charge is 0.250 e. The molecule has 0 saturated carbocycles. The molecule has 8 nitrogen and oxygen atoms in total. The molecule has 0 bridgehead atoms. The lowest BCUT2D eigenvalue weighted by Crippen LogP contribution is -2.55. The Kier molecular flexibility index (Phi) is 3.87. The molecule has 3 heterocycles. The summed E-state index contributed by atoms with van der Waals surface area (Å²) in [5.74, 6) is -2.83. The number of imide groups is 1. The van der Waals surface area contributed by atoms with Crippen molar-refractivity contribution in [2.24, 2.45) is 11.8 Å². The van der Waals surface area contributed by atoms with Crippen molar-refractivity contribution in [1.29, 1.82) is 0 Å². The van der Waals surface area contributed by atoms with Crippen molar-refractivity contribution in [3.63, 3.8) is 0 Å². The molecule has 2 fully saturated rings. The number of para-hydroxylation sites is 1. The van der Waals surface area contributed by atoms with Crippen LogP contribution >= 0.6 is 0 Å². The average molecular weight is 359 g/mol. The van der Waals surface area contributed by atoms with Crippen LogP contribution in [0.25, 0.3) is 0 Å². The highest BCUT2D eigenvalue weighted by Crippen LogP contribution is 2.53. The van der Waals surface area contributed by atoms with Crippen LogP contribution in [0.2, 0.25) is 0 Å². The molecule has 1 aromatic carbocycles. The number of likely N-dealkylation sites (tertiary alicyclic amines) is 1. The zero-order valence-corrected chi connectivity index (χ0v) is 14.6. The van der Waals surface area contributed by atoms with Crippen LogP contribution in [0.3, 0.4) is 0 Å². The lowest BCUT2D eigenvalue weighted by molar-refractivity contribution is -0.143. The first-order valence-electron chi connectivity index (χ1n) is 8.64. The summed E-state index contributed by atoms with van der Waals surface area (Å²) in [4.78, 5) is 40.2. The van der Waals surface area contributed by atoms with E-state index in [1.54, 1.807) is 31.2 Å². The summed E-state index contributed by atoms with van der Waals surface area (Å²) in [5, 5.41) is 16.2. The largest absolute Gasteiger partial charge is 0.392 e. The second kappa shape index (κ2) is 5.87. The third kappa shape index (κ3) is 2.03. The molecule has 3 aliphatic rings. The number of carbonyl (C=O) groups is 3. The summed E-state index contributed by atoms with van der Waals surface area (Å²) in [6.45, 7) is 1.91. The Morgan fingerprint density at radius 3 is 2.69 bits per heavy atom. The van der Waals surface area contributed by atoms with Crippen molar-refractivity contribution in [3.05, 3.63) is 29.8 Å². The second-order valence-electron chi connectivity index (χ2n) is 7.04. The first-order chi connectivity index (χ1) is 12.4. The average Bonchev–Trinajstić information content (AvgIpc) is 3.20. The molecule has 138 valence electrons.